The SMILES string of the molecule is COc1cccc2c1OCC(C(=O)N1C[C@@H](CN)[C@H](c3ccccc3)C1)=C2.Cl. The summed E-state index contributed by atoms with van der Waals surface area (Å²) >= 11 is 0. The third-order valence-corrected chi connectivity index (χ3v) is 5.46. The molecule has 2 atom stereocenters. The van der Waals surface area contributed by atoms with Crippen molar-refractivity contribution in [2.75, 3.05) is 33.4 Å². The second kappa shape index (κ2) is 8.67. The molecule has 2 aliphatic heterocycles. The first-order valence-corrected chi connectivity index (χ1v) is 9.26. The van der Waals surface area contributed by atoms with Crippen molar-refractivity contribution in [3.8, 4) is 11.5 Å². The van der Waals surface area contributed by atoms with Gasteiger partial charge in [-0.2, -0.15) is 0 Å². The van der Waals surface area contributed by atoms with E-state index in [2.05, 4.69) is 12.1 Å². The lowest BCUT2D eigenvalue weighted by Crippen LogP contribution is -2.33. The van der Waals surface area contributed by atoms with Crippen LogP contribution in [0, 0.1) is 5.92 Å². The Hall–Kier alpha value is -2.50. The highest BCUT2D eigenvalue weighted by Gasteiger charge is 2.36. The summed E-state index contributed by atoms with van der Waals surface area (Å²) < 4.78 is 11.2. The Morgan fingerprint density at radius 2 is 1.96 bits per heavy atom. The summed E-state index contributed by atoms with van der Waals surface area (Å²) in [5, 5.41) is 0. The minimum absolute atomic E-state index is 0. The normalized spacial score (nSPS) is 20.5. The lowest BCUT2D eigenvalue weighted by Gasteiger charge is -2.23. The molecule has 4 rings (SSSR count). The van der Waals surface area contributed by atoms with Crippen LogP contribution in [0.1, 0.15) is 17.0 Å². The molecule has 0 spiro atoms. The van der Waals surface area contributed by atoms with E-state index in [9.17, 15) is 4.79 Å². The molecule has 2 aromatic carbocycles. The van der Waals surface area contributed by atoms with Crippen LogP contribution in [-0.4, -0.2) is 44.2 Å². The molecular weight excluding hydrogens is 376 g/mol. The van der Waals surface area contributed by atoms with Crippen molar-refractivity contribution in [2.45, 2.75) is 5.92 Å². The van der Waals surface area contributed by atoms with E-state index in [1.807, 2.05) is 47.4 Å². The fraction of sp³-hybridized carbons (Fsp3) is 0.318. The Labute approximate surface area is 171 Å². The zero-order valence-corrected chi connectivity index (χ0v) is 16.7. The number of para-hydroxylation sites is 1. The van der Waals surface area contributed by atoms with Gasteiger partial charge >= 0.3 is 0 Å². The third-order valence-electron chi connectivity index (χ3n) is 5.46. The maximum absolute atomic E-state index is 13.1. The molecule has 2 aromatic rings. The summed E-state index contributed by atoms with van der Waals surface area (Å²) in [6.07, 6.45) is 1.91. The van der Waals surface area contributed by atoms with Gasteiger partial charge in [0.05, 0.1) is 12.7 Å². The van der Waals surface area contributed by atoms with Crippen molar-refractivity contribution in [1.29, 1.82) is 0 Å². The minimum Gasteiger partial charge on any atom is -0.493 e. The molecule has 0 bridgehead atoms. The second-order valence-electron chi connectivity index (χ2n) is 7.06. The van der Waals surface area contributed by atoms with Crippen molar-refractivity contribution >= 4 is 24.4 Å². The number of carbonyl (C=O) groups is 1. The molecule has 0 radical (unpaired) electrons. The summed E-state index contributed by atoms with van der Waals surface area (Å²) in [6.45, 7) is 2.19. The Balaban J connectivity index is 0.00000225. The highest BCUT2D eigenvalue weighted by Crippen LogP contribution is 2.37. The number of ether oxygens (including phenoxy) is 2. The Morgan fingerprint density at radius 3 is 2.68 bits per heavy atom. The minimum atomic E-state index is 0. The van der Waals surface area contributed by atoms with Crippen molar-refractivity contribution in [3.05, 3.63) is 65.2 Å². The first-order valence-electron chi connectivity index (χ1n) is 9.26. The van der Waals surface area contributed by atoms with Gasteiger partial charge in [-0.25, -0.2) is 0 Å². The van der Waals surface area contributed by atoms with Gasteiger partial charge in [0.2, 0.25) is 0 Å². The molecule has 0 unspecified atom stereocenters. The van der Waals surface area contributed by atoms with Gasteiger partial charge < -0.3 is 20.1 Å². The fourth-order valence-corrected chi connectivity index (χ4v) is 4.02. The van der Waals surface area contributed by atoms with E-state index in [1.165, 1.54) is 5.56 Å². The number of nitrogens with zero attached hydrogens (tertiary/aromatic N) is 1. The van der Waals surface area contributed by atoms with Crippen LogP contribution in [-0.2, 0) is 4.79 Å². The van der Waals surface area contributed by atoms with E-state index in [0.717, 1.165) is 5.56 Å². The fourth-order valence-electron chi connectivity index (χ4n) is 4.02. The maximum Gasteiger partial charge on any atom is 0.253 e. The highest BCUT2D eigenvalue weighted by atomic mass is 35.5. The quantitative estimate of drug-likeness (QED) is 0.856. The first-order chi connectivity index (χ1) is 13.2. The number of hydrogen-bond donors (Lipinski definition) is 1. The van der Waals surface area contributed by atoms with Gasteiger partial charge in [0.25, 0.3) is 5.91 Å². The number of halogens is 1. The molecule has 1 saturated heterocycles. The van der Waals surface area contributed by atoms with Crippen LogP contribution in [0.5, 0.6) is 11.5 Å². The van der Waals surface area contributed by atoms with Crippen LogP contribution in [0.15, 0.2) is 54.1 Å². The Kier molecular flexibility index (Phi) is 6.27. The van der Waals surface area contributed by atoms with Crippen LogP contribution < -0.4 is 15.2 Å². The molecule has 2 heterocycles. The lowest BCUT2D eigenvalue weighted by molar-refractivity contribution is -0.126. The van der Waals surface area contributed by atoms with Crippen molar-refractivity contribution in [1.82, 2.24) is 4.90 Å². The van der Waals surface area contributed by atoms with Gasteiger partial charge in [-0.3, -0.25) is 4.79 Å². The molecule has 6 heteroatoms. The Morgan fingerprint density at radius 1 is 1.18 bits per heavy atom. The number of amides is 1. The number of hydrogen-bond acceptors (Lipinski definition) is 4. The maximum atomic E-state index is 13.1. The third kappa shape index (κ3) is 3.73. The summed E-state index contributed by atoms with van der Waals surface area (Å²) in [5.74, 6) is 1.95. The number of rotatable bonds is 4. The van der Waals surface area contributed by atoms with Gasteiger partial charge in [-0.15, -0.1) is 12.4 Å². The summed E-state index contributed by atoms with van der Waals surface area (Å²) in [5.41, 5.74) is 8.79. The molecule has 1 amide bonds. The summed E-state index contributed by atoms with van der Waals surface area (Å²) in [4.78, 5) is 15.0. The largest absolute Gasteiger partial charge is 0.493 e. The number of carbonyl (C=O) groups excluding carboxylic acids is 1. The molecule has 0 aliphatic carbocycles. The topological polar surface area (TPSA) is 64.8 Å². The number of benzene rings is 2. The van der Waals surface area contributed by atoms with E-state index < -0.39 is 0 Å². The highest BCUT2D eigenvalue weighted by molar-refractivity contribution is 5.99. The molecule has 0 aromatic heterocycles. The van der Waals surface area contributed by atoms with Crippen LogP contribution in [0.4, 0.5) is 0 Å². The van der Waals surface area contributed by atoms with Crippen LogP contribution in [0.25, 0.3) is 6.08 Å². The average Bonchev–Trinajstić information content (AvgIpc) is 3.17. The smallest absolute Gasteiger partial charge is 0.253 e. The lowest BCUT2D eigenvalue weighted by atomic mass is 9.89. The van der Waals surface area contributed by atoms with Crippen molar-refractivity contribution < 1.29 is 14.3 Å². The molecule has 28 heavy (non-hydrogen) atoms. The van der Waals surface area contributed by atoms with Gasteiger partial charge in [0.15, 0.2) is 11.5 Å². The van der Waals surface area contributed by atoms with Gasteiger partial charge in [0.1, 0.15) is 6.61 Å². The van der Waals surface area contributed by atoms with Crippen LogP contribution in [0.3, 0.4) is 0 Å². The summed E-state index contributed by atoms with van der Waals surface area (Å²) in [6, 6.07) is 16.0. The predicted octanol–water partition coefficient (Wildman–Crippen LogP) is 3.09. The van der Waals surface area contributed by atoms with Crippen LogP contribution >= 0.6 is 12.4 Å². The standard InChI is InChI=1S/C22H24N2O3.ClH/c1-26-20-9-5-8-16-10-17(14-27-21(16)20)22(25)24-12-18(11-23)19(13-24)15-6-3-2-4-7-15;/h2-10,18-19H,11-14,23H2,1H3;1H/t18-,19+;/m1./s1. The van der Waals surface area contributed by atoms with E-state index >= 15 is 0 Å². The zero-order valence-electron chi connectivity index (χ0n) is 15.8. The Bertz CT molecular complexity index is 869. The first kappa shape index (κ1) is 20.2. The molecule has 2 N–H and O–H groups in total. The van der Waals surface area contributed by atoms with E-state index in [4.69, 9.17) is 15.2 Å². The summed E-state index contributed by atoms with van der Waals surface area (Å²) in [7, 11) is 1.62. The monoisotopic (exact) mass is 400 g/mol. The zero-order chi connectivity index (χ0) is 18.8. The molecular formula is C22H25ClN2O3. The molecule has 148 valence electrons. The van der Waals surface area contributed by atoms with Gasteiger partial charge in [0, 0.05) is 24.6 Å². The van der Waals surface area contributed by atoms with Crippen LogP contribution in [0.2, 0.25) is 0 Å². The van der Waals surface area contributed by atoms with Crippen molar-refractivity contribution in [2.24, 2.45) is 11.7 Å². The second-order valence-corrected chi connectivity index (χ2v) is 7.06. The predicted molar refractivity (Wildman–Crippen MR) is 112 cm³/mol. The number of fused-ring (bicyclic) bond motifs is 1. The number of methoxy groups -OCH3 is 1. The average molecular weight is 401 g/mol. The van der Waals surface area contributed by atoms with E-state index in [0.29, 0.717) is 36.7 Å². The van der Waals surface area contributed by atoms with Gasteiger partial charge in [-0.05, 0) is 30.2 Å². The molecule has 1 fully saturated rings. The molecule has 2 aliphatic rings. The molecule has 0 saturated carbocycles. The number of likely N-dealkylation sites (tertiary alicyclic amines) is 1. The van der Waals surface area contributed by atoms with E-state index in [-0.39, 0.29) is 36.8 Å². The van der Waals surface area contributed by atoms with Gasteiger partial charge in [-0.1, -0.05) is 42.5 Å². The van der Waals surface area contributed by atoms with E-state index in [1.54, 1.807) is 7.11 Å². The van der Waals surface area contributed by atoms with Crippen molar-refractivity contribution in [3.63, 3.8) is 0 Å². The molecule has 5 nitrogen and oxygen atoms in total. The number of nitrogens with two attached hydrogens (primary N) is 1.